The molecule has 186 valence electrons. The van der Waals surface area contributed by atoms with Crippen molar-refractivity contribution < 1.29 is 14.0 Å². The summed E-state index contributed by atoms with van der Waals surface area (Å²) in [7, 11) is 0. The molecular weight excluding hydrogens is 512 g/mol. The summed E-state index contributed by atoms with van der Waals surface area (Å²) >= 11 is 18.5. The molecule has 0 unspecified atom stereocenters. The number of amides is 1. The molecule has 0 aromatic heterocycles. The fraction of sp³-hybridized carbons (Fsp3) is 0.462. The van der Waals surface area contributed by atoms with Crippen LogP contribution in [0.4, 0.5) is 4.39 Å². The van der Waals surface area contributed by atoms with Crippen molar-refractivity contribution in [3.05, 3.63) is 68.4 Å². The Kier molecular flexibility index (Phi) is 6.64. The van der Waals surface area contributed by atoms with Gasteiger partial charge in [-0.15, -0.1) is 0 Å². The molecule has 3 heterocycles. The smallest absolute Gasteiger partial charge is 0.248 e. The van der Waals surface area contributed by atoms with Crippen LogP contribution in [-0.4, -0.2) is 47.8 Å². The Morgan fingerprint density at radius 2 is 1.74 bits per heavy atom. The van der Waals surface area contributed by atoms with Gasteiger partial charge in [0.05, 0.1) is 5.41 Å². The van der Waals surface area contributed by atoms with E-state index in [1.54, 1.807) is 18.2 Å². The van der Waals surface area contributed by atoms with E-state index in [0.717, 1.165) is 38.5 Å². The van der Waals surface area contributed by atoms with Crippen molar-refractivity contribution in [2.45, 2.75) is 49.1 Å². The quantitative estimate of drug-likeness (QED) is 0.508. The van der Waals surface area contributed by atoms with E-state index in [9.17, 15) is 14.0 Å². The third kappa shape index (κ3) is 4.60. The molecule has 5 nitrogen and oxygen atoms in total. The van der Waals surface area contributed by atoms with Crippen LogP contribution in [0.5, 0.6) is 0 Å². The van der Waals surface area contributed by atoms with Gasteiger partial charge < -0.3 is 16.0 Å². The number of Topliss-reactive ketones (excluding diaryl/α,β-unsaturated/α-hetero) is 1. The third-order valence-electron chi connectivity index (χ3n) is 7.90. The van der Waals surface area contributed by atoms with Gasteiger partial charge in [-0.1, -0.05) is 46.9 Å². The summed E-state index contributed by atoms with van der Waals surface area (Å²) in [5.41, 5.74) is 4.50. The lowest BCUT2D eigenvalue weighted by atomic mass is 9.75. The molecule has 0 spiro atoms. The average Bonchev–Trinajstić information content (AvgIpc) is 3.62. The van der Waals surface area contributed by atoms with Crippen molar-refractivity contribution >= 4 is 46.5 Å². The highest BCUT2D eigenvalue weighted by atomic mass is 35.5. The lowest BCUT2D eigenvalue weighted by Gasteiger charge is -2.46. The first-order valence-corrected chi connectivity index (χ1v) is 13.0. The number of nitrogens with zero attached hydrogens (tertiary/aromatic N) is 1. The van der Waals surface area contributed by atoms with Gasteiger partial charge in [-0.3, -0.25) is 9.59 Å². The monoisotopic (exact) mass is 537 g/mol. The number of carbonyl (C=O) groups excluding carboxylic acids is 2. The van der Waals surface area contributed by atoms with Crippen molar-refractivity contribution in [3.8, 4) is 0 Å². The SMILES string of the molecule is N[C@@](Cc1ccc(Cl)cc1F)(C(=O)N[C@@H]1CN2CCC1CC2)C(=O)C1(c2ccc(Cl)cc2Cl)CC1. The molecule has 0 radical (unpaired) electrons. The first-order valence-electron chi connectivity index (χ1n) is 11.9. The summed E-state index contributed by atoms with van der Waals surface area (Å²) < 4.78 is 14.8. The predicted octanol–water partition coefficient (Wildman–Crippen LogP) is 4.54. The van der Waals surface area contributed by atoms with E-state index in [0.29, 0.717) is 34.4 Å². The van der Waals surface area contributed by atoms with Crippen LogP contribution in [0.2, 0.25) is 15.1 Å². The number of hydrogen-bond acceptors (Lipinski definition) is 4. The maximum Gasteiger partial charge on any atom is 0.248 e. The molecule has 1 aliphatic carbocycles. The molecule has 4 fully saturated rings. The average molecular weight is 539 g/mol. The summed E-state index contributed by atoms with van der Waals surface area (Å²) in [6, 6.07) is 9.03. The van der Waals surface area contributed by atoms with E-state index in [1.165, 1.54) is 12.1 Å². The topological polar surface area (TPSA) is 75.4 Å². The number of nitrogens with one attached hydrogen (secondary N) is 1. The standard InChI is InChI=1S/C26H27Cl3FN3O2/c27-17-3-4-19(20(29)11-17)25(7-8-25)23(34)26(31,13-16-1-2-18(28)12-21(16)30)24(35)32-22-14-33-9-5-15(22)6-10-33/h1-4,11-12,15,22H,5-10,13-14,31H2,(H,32,35)/t22-,26-/m1/s1. The normalized spacial score (nSPS) is 26.1. The molecule has 6 rings (SSSR count). The number of carbonyl (C=O) groups is 2. The number of halogens is 4. The number of ketones is 1. The minimum atomic E-state index is -1.99. The molecular formula is C26H27Cl3FN3O2. The molecule has 1 saturated carbocycles. The van der Waals surface area contributed by atoms with E-state index in [4.69, 9.17) is 40.5 Å². The highest BCUT2D eigenvalue weighted by molar-refractivity contribution is 6.35. The lowest BCUT2D eigenvalue weighted by Crippen LogP contribution is -2.67. The van der Waals surface area contributed by atoms with Crippen molar-refractivity contribution in [1.29, 1.82) is 0 Å². The highest BCUT2D eigenvalue weighted by Gasteiger charge is 2.60. The fourth-order valence-electron chi connectivity index (χ4n) is 5.70. The third-order valence-corrected chi connectivity index (χ3v) is 8.68. The summed E-state index contributed by atoms with van der Waals surface area (Å²) in [5, 5.41) is 4.09. The summed E-state index contributed by atoms with van der Waals surface area (Å²) in [6.07, 6.45) is 2.71. The largest absolute Gasteiger partial charge is 0.350 e. The van der Waals surface area contributed by atoms with Crippen molar-refractivity contribution in [2.75, 3.05) is 19.6 Å². The number of fused-ring (bicyclic) bond motifs is 3. The van der Waals surface area contributed by atoms with Crippen molar-refractivity contribution in [3.63, 3.8) is 0 Å². The minimum absolute atomic E-state index is 0.0925. The molecule has 2 bridgehead atoms. The fourth-order valence-corrected chi connectivity index (χ4v) is 6.45. The summed E-state index contributed by atoms with van der Waals surface area (Å²) in [6.45, 7) is 2.75. The van der Waals surface area contributed by atoms with Crippen LogP contribution in [0.15, 0.2) is 36.4 Å². The lowest BCUT2D eigenvalue weighted by molar-refractivity contribution is -0.138. The van der Waals surface area contributed by atoms with Crippen LogP contribution in [0.3, 0.4) is 0 Å². The number of rotatable bonds is 7. The zero-order valence-electron chi connectivity index (χ0n) is 19.1. The number of benzene rings is 2. The van der Waals surface area contributed by atoms with E-state index in [2.05, 4.69) is 10.2 Å². The Bertz CT molecular complexity index is 1180. The number of piperidine rings is 3. The van der Waals surface area contributed by atoms with Gasteiger partial charge in [-0.25, -0.2) is 4.39 Å². The van der Waals surface area contributed by atoms with Gasteiger partial charge in [0.1, 0.15) is 5.82 Å². The minimum Gasteiger partial charge on any atom is -0.350 e. The Morgan fingerprint density at radius 3 is 2.31 bits per heavy atom. The van der Waals surface area contributed by atoms with E-state index < -0.39 is 28.5 Å². The maximum absolute atomic E-state index is 14.8. The van der Waals surface area contributed by atoms with Crippen LogP contribution in [0.1, 0.15) is 36.8 Å². The van der Waals surface area contributed by atoms with Crippen LogP contribution in [0.25, 0.3) is 0 Å². The Balaban J connectivity index is 1.50. The van der Waals surface area contributed by atoms with Crippen LogP contribution in [-0.2, 0) is 21.4 Å². The predicted molar refractivity (Wildman–Crippen MR) is 136 cm³/mol. The van der Waals surface area contributed by atoms with E-state index in [-0.39, 0.29) is 23.0 Å². The van der Waals surface area contributed by atoms with Crippen LogP contribution >= 0.6 is 34.8 Å². The molecule has 3 aliphatic heterocycles. The molecule has 3 saturated heterocycles. The molecule has 2 atom stereocenters. The Morgan fingerprint density at radius 1 is 1.09 bits per heavy atom. The summed E-state index contributed by atoms with van der Waals surface area (Å²) in [4.78, 5) is 30.3. The zero-order chi connectivity index (χ0) is 25.0. The molecule has 4 aliphatic rings. The molecule has 1 amide bonds. The van der Waals surface area contributed by atoms with Gasteiger partial charge in [0.15, 0.2) is 11.3 Å². The molecule has 9 heteroatoms. The molecule has 35 heavy (non-hydrogen) atoms. The van der Waals surface area contributed by atoms with Gasteiger partial charge in [0.2, 0.25) is 5.91 Å². The van der Waals surface area contributed by atoms with E-state index in [1.807, 2.05) is 0 Å². The van der Waals surface area contributed by atoms with Gasteiger partial charge in [-0.2, -0.15) is 0 Å². The number of hydrogen-bond donors (Lipinski definition) is 2. The van der Waals surface area contributed by atoms with Gasteiger partial charge >= 0.3 is 0 Å². The first-order chi connectivity index (χ1) is 16.6. The van der Waals surface area contributed by atoms with Gasteiger partial charge in [-0.05, 0) is 80.1 Å². The van der Waals surface area contributed by atoms with Gasteiger partial charge in [0.25, 0.3) is 0 Å². The van der Waals surface area contributed by atoms with Crippen molar-refractivity contribution in [2.24, 2.45) is 11.7 Å². The second-order valence-corrected chi connectivity index (χ2v) is 11.4. The first kappa shape index (κ1) is 25.0. The van der Waals surface area contributed by atoms with E-state index >= 15 is 0 Å². The van der Waals surface area contributed by atoms with Gasteiger partial charge in [0, 0.05) is 34.1 Å². The van der Waals surface area contributed by atoms with Crippen LogP contribution in [0, 0.1) is 11.7 Å². The number of nitrogens with two attached hydrogens (primary N) is 1. The maximum atomic E-state index is 14.8. The highest BCUT2D eigenvalue weighted by Crippen LogP contribution is 2.53. The Hall–Kier alpha value is -1.70. The summed E-state index contributed by atoms with van der Waals surface area (Å²) in [5.74, 6) is -1.30. The molecule has 2 aromatic rings. The second kappa shape index (κ2) is 9.31. The second-order valence-electron chi connectivity index (χ2n) is 10.1. The zero-order valence-corrected chi connectivity index (χ0v) is 21.4. The Labute approximate surface area is 219 Å². The van der Waals surface area contributed by atoms with Crippen LogP contribution < -0.4 is 11.1 Å². The molecule has 3 N–H and O–H groups in total. The van der Waals surface area contributed by atoms with Crippen molar-refractivity contribution in [1.82, 2.24) is 10.2 Å². The molecule has 2 aromatic carbocycles.